The number of aliphatic hydroxyl groups excluding tert-OH is 5. The second-order valence-electron chi connectivity index (χ2n) is 5.63. The SMILES string of the molecule is CC[C@@H]1O[C@H](O[C@@H]2[C@@H](CO)OC(O)[C@@H]2O)[C@H](C)[C@@H](O)[C@@H]1O. The molecular weight excluding hydrogens is 284 g/mol. The van der Waals surface area contributed by atoms with Gasteiger partial charge in [0.15, 0.2) is 12.6 Å². The fourth-order valence-electron chi connectivity index (χ4n) is 2.75. The largest absolute Gasteiger partial charge is 0.394 e. The first-order chi connectivity index (χ1) is 9.90. The molecule has 2 aliphatic heterocycles. The van der Waals surface area contributed by atoms with E-state index >= 15 is 0 Å². The van der Waals surface area contributed by atoms with Gasteiger partial charge < -0.3 is 39.7 Å². The van der Waals surface area contributed by atoms with Crippen molar-refractivity contribution in [1.29, 1.82) is 0 Å². The number of hydrogen-bond donors (Lipinski definition) is 5. The molecule has 0 aliphatic carbocycles. The van der Waals surface area contributed by atoms with Crippen molar-refractivity contribution < 1.29 is 39.7 Å². The van der Waals surface area contributed by atoms with Gasteiger partial charge in [-0.05, 0) is 6.42 Å². The van der Waals surface area contributed by atoms with E-state index in [1.165, 1.54) is 0 Å². The molecule has 0 bridgehead atoms. The maximum Gasteiger partial charge on any atom is 0.184 e. The molecule has 2 saturated heterocycles. The van der Waals surface area contributed by atoms with Gasteiger partial charge in [0.05, 0.1) is 18.8 Å². The van der Waals surface area contributed by atoms with Crippen LogP contribution in [0.5, 0.6) is 0 Å². The summed E-state index contributed by atoms with van der Waals surface area (Å²) in [4.78, 5) is 0. The molecule has 2 aliphatic rings. The Morgan fingerprint density at radius 3 is 2.19 bits per heavy atom. The topological polar surface area (TPSA) is 129 Å². The zero-order chi connectivity index (χ0) is 15.7. The zero-order valence-electron chi connectivity index (χ0n) is 12.1. The molecule has 8 heteroatoms. The highest BCUT2D eigenvalue weighted by Crippen LogP contribution is 2.32. The Kier molecular flexibility index (Phi) is 5.55. The smallest absolute Gasteiger partial charge is 0.184 e. The van der Waals surface area contributed by atoms with E-state index in [1.54, 1.807) is 6.92 Å². The van der Waals surface area contributed by atoms with Crippen LogP contribution < -0.4 is 0 Å². The van der Waals surface area contributed by atoms with Crippen LogP contribution >= 0.6 is 0 Å². The van der Waals surface area contributed by atoms with Crippen LogP contribution in [0.15, 0.2) is 0 Å². The second-order valence-corrected chi connectivity index (χ2v) is 5.63. The lowest BCUT2D eigenvalue weighted by Crippen LogP contribution is -2.56. The first-order valence-corrected chi connectivity index (χ1v) is 7.20. The van der Waals surface area contributed by atoms with E-state index in [2.05, 4.69) is 0 Å². The highest BCUT2D eigenvalue weighted by Gasteiger charge is 2.48. The molecule has 0 amide bonds. The predicted molar refractivity (Wildman–Crippen MR) is 69.0 cm³/mol. The summed E-state index contributed by atoms with van der Waals surface area (Å²) in [5, 5.41) is 48.4. The van der Waals surface area contributed by atoms with Crippen molar-refractivity contribution in [1.82, 2.24) is 0 Å². The van der Waals surface area contributed by atoms with E-state index in [0.29, 0.717) is 6.42 Å². The highest BCUT2D eigenvalue weighted by atomic mass is 16.7. The molecule has 0 spiro atoms. The molecule has 5 N–H and O–H groups in total. The standard InChI is InChI=1S/C13H24O8/c1-3-6-9(16)8(15)5(2)13(20-6)21-11-7(4-14)19-12(18)10(11)17/h5-18H,3-4H2,1-2H3/t5-,6+,7-,8-,9-,10-,11-,12?,13-/m1/s1. The third kappa shape index (κ3) is 3.22. The molecule has 2 heterocycles. The molecule has 0 aromatic carbocycles. The van der Waals surface area contributed by atoms with Crippen LogP contribution in [-0.4, -0.2) is 81.3 Å². The number of rotatable bonds is 4. The summed E-state index contributed by atoms with van der Waals surface area (Å²) in [6.45, 7) is 3.03. The third-order valence-electron chi connectivity index (χ3n) is 4.19. The molecule has 2 rings (SSSR count). The van der Waals surface area contributed by atoms with Crippen LogP contribution in [0.4, 0.5) is 0 Å². The van der Waals surface area contributed by atoms with Gasteiger partial charge in [0.1, 0.15) is 24.4 Å². The molecule has 0 saturated carbocycles. The van der Waals surface area contributed by atoms with Gasteiger partial charge in [0, 0.05) is 5.92 Å². The van der Waals surface area contributed by atoms with Crippen molar-refractivity contribution in [3.63, 3.8) is 0 Å². The maximum absolute atomic E-state index is 10.0. The highest BCUT2D eigenvalue weighted by molar-refractivity contribution is 4.91. The van der Waals surface area contributed by atoms with Crippen molar-refractivity contribution in [2.45, 2.75) is 69.5 Å². The van der Waals surface area contributed by atoms with Crippen LogP contribution in [0, 0.1) is 5.92 Å². The van der Waals surface area contributed by atoms with E-state index in [9.17, 15) is 25.5 Å². The summed E-state index contributed by atoms with van der Waals surface area (Å²) in [6.07, 6.45) is -7.62. The van der Waals surface area contributed by atoms with Gasteiger partial charge in [0.25, 0.3) is 0 Å². The summed E-state index contributed by atoms with van der Waals surface area (Å²) in [5.41, 5.74) is 0. The number of ether oxygens (including phenoxy) is 3. The van der Waals surface area contributed by atoms with Crippen molar-refractivity contribution in [2.75, 3.05) is 6.61 Å². The van der Waals surface area contributed by atoms with E-state index < -0.39 is 61.7 Å². The minimum absolute atomic E-state index is 0.428. The number of aliphatic hydroxyl groups is 5. The molecular formula is C13H24O8. The van der Waals surface area contributed by atoms with Crippen molar-refractivity contribution in [2.24, 2.45) is 5.92 Å². The molecule has 1 unspecified atom stereocenters. The van der Waals surface area contributed by atoms with Gasteiger partial charge in [0.2, 0.25) is 0 Å². The lowest BCUT2D eigenvalue weighted by Gasteiger charge is -2.42. The molecule has 0 aromatic rings. The predicted octanol–water partition coefficient (Wildman–Crippen LogP) is -2.07. The average Bonchev–Trinajstić information content (AvgIpc) is 2.75. The Balaban J connectivity index is 2.07. The summed E-state index contributed by atoms with van der Waals surface area (Å²) < 4.78 is 16.2. The maximum atomic E-state index is 10.0. The molecule has 0 radical (unpaired) electrons. The van der Waals surface area contributed by atoms with Gasteiger partial charge in [-0.2, -0.15) is 0 Å². The van der Waals surface area contributed by atoms with E-state index in [-0.39, 0.29) is 0 Å². The van der Waals surface area contributed by atoms with Crippen LogP contribution in [-0.2, 0) is 14.2 Å². The van der Waals surface area contributed by atoms with Gasteiger partial charge >= 0.3 is 0 Å². The molecule has 2 fully saturated rings. The van der Waals surface area contributed by atoms with Crippen molar-refractivity contribution in [3.8, 4) is 0 Å². The van der Waals surface area contributed by atoms with Crippen LogP contribution in [0.2, 0.25) is 0 Å². The minimum Gasteiger partial charge on any atom is -0.394 e. The Morgan fingerprint density at radius 2 is 1.62 bits per heavy atom. The van der Waals surface area contributed by atoms with Gasteiger partial charge in [-0.25, -0.2) is 0 Å². The molecule has 21 heavy (non-hydrogen) atoms. The second kappa shape index (κ2) is 6.84. The Morgan fingerprint density at radius 1 is 0.952 bits per heavy atom. The first-order valence-electron chi connectivity index (χ1n) is 7.20. The lowest BCUT2D eigenvalue weighted by atomic mass is 9.91. The molecule has 8 nitrogen and oxygen atoms in total. The Hall–Kier alpha value is -0.320. The van der Waals surface area contributed by atoms with Crippen molar-refractivity contribution in [3.05, 3.63) is 0 Å². The lowest BCUT2D eigenvalue weighted by molar-refractivity contribution is -0.298. The van der Waals surface area contributed by atoms with E-state index in [0.717, 1.165) is 0 Å². The number of hydrogen-bond acceptors (Lipinski definition) is 8. The summed E-state index contributed by atoms with van der Waals surface area (Å²) in [5.74, 6) is -0.535. The summed E-state index contributed by atoms with van der Waals surface area (Å²) >= 11 is 0. The summed E-state index contributed by atoms with van der Waals surface area (Å²) in [6, 6.07) is 0. The Labute approximate surface area is 122 Å². The molecule has 0 aromatic heterocycles. The molecule has 9 atom stereocenters. The monoisotopic (exact) mass is 308 g/mol. The Bertz CT molecular complexity index is 338. The molecule has 124 valence electrons. The quantitative estimate of drug-likeness (QED) is 0.401. The fourth-order valence-corrected chi connectivity index (χ4v) is 2.75. The van der Waals surface area contributed by atoms with E-state index in [1.807, 2.05) is 6.92 Å². The third-order valence-corrected chi connectivity index (χ3v) is 4.19. The average molecular weight is 308 g/mol. The first kappa shape index (κ1) is 17.0. The van der Waals surface area contributed by atoms with Gasteiger partial charge in [-0.15, -0.1) is 0 Å². The van der Waals surface area contributed by atoms with Crippen LogP contribution in [0.25, 0.3) is 0 Å². The zero-order valence-corrected chi connectivity index (χ0v) is 12.1. The van der Waals surface area contributed by atoms with Crippen LogP contribution in [0.1, 0.15) is 20.3 Å². The van der Waals surface area contributed by atoms with Gasteiger partial charge in [-0.1, -0.05) is 13.8 Å². The summed E-state index contributed by atoms with van der Waals surface area (Å²) in [7, 11) is 0. The van der Waals surface area contributed by atoms with Gasteiger partial charge in [-0.3, -0.25) is 0 Å². The van der Waals surface area contributed by atoms with Crippen LogP contribution in [0.3, 0.4) is 0 Å². The minimum atomic E-state index is -1.44. The fraction of sp³-hybridized carbons (Fsp3) is 1.00. The normalized spacial score (nSPS) is 51.3. The van der Waals surface area contributed by atoms with E-state index in [4.69, 9.17) is 14.2 Å². The van der Waals surface area contributed by atoms with Crippen molar-refractivity contribution >= 4 is 0 Å².